The van der Waals surface area contributed by atoms with E-state index in [-0.39, 0.29) is 0 Å². The summed E-state index contributed by atoms with van der Waals surface area (Å²) in [5, 5.41) is 0. The predicted molar refractivity (Wildman–Crippen MR) is 40.6 cm³/mol. The molecule has 0 bridgehead atoms. The summed E-state index contributed by atoms with van der Waals surface area (Å²) in [5.41, 5.74) is 1.19. The monoisotopic (exact) mass is 134 g/mol. The lowest BCUT2D eigenvalue weighted by Crippen LogP contribution is -1.81. The molecule has 0 saturated carbocycles. The molecule has 1 heteroatoms. The van der Waals surface area contributed by atoms with Crippen LogP contribution in [-0.4, -0.2) is 0 Å². The average Bonchev–Trinajstić information content (AvgIpc) is 2.31. The third kappa shape index (κ3) is 1.41. The fourth-order valence-corrected chi connectivity index (χ4v) is 0.846. The van der Waals surface area contributed by atoms with E-state index in [9.17, 15) is 0 Å². The lowest BCUT2D eigenvalue weighted by atomic mass is 10.2. The SMILES string of the molecule is C#CCCc1occc1C. The second-order valence-electron chi connectivity index (χ2n) is 2.23. The van der Waals surface area contributed by atoms with E-state index in [2.05, 4.69) is 5.92 Å². The first-order chi connectivity index (χ1) is 4.84. The van der Waals surface area contributed by atoms with Crippen molar-refractivity contribution in [3.63, 3.8) is 0 Å². The molecule has 0 spiro atoms. The summed E-state index contributed by atoms with van der Waals surface area (Å²) in [7, 11) is 0. The molecule has 1 heterocycles. The maximum atomic E-state index is 5.17. The van der Waals surface area contributed by atoms with E-state index < -0.39 is 0 Å². The topological polar surface area (TPSA) is 13.1 Å². The second-order valence-corrected chi connectivity index (χ2v) is 2.23. The smallest absolute Gasteiger partial charge is 0.107 e. The van der Waals surface area contributed by atoms with Crippen molar-refractivity contribution in [3.8, 4) is 12.3 Å². The first-order valence-corrected chi connectivity index (χ1v) is 3.31. The van der Waals surface area contributed by atoms with Gasteiger partial charge in [0.05, 0.1) is 6.26 Å². The van der Waals surface area contributed by atoms with Crippen LogP contribution in [0, 0.1) is 19.3 Å². The zero-order valence-corrected chi connectivity index (χ0v) is 6.05. The van der Waals surface area contributed by atoms with Crippen LogP contribution in [0.1, 0.15) is 17.7 Å². The van der Waals surface area contributed by atoms with Crippen molar-refractivity contribution < 1.29 is 4.42 Å². The minimum atomic E-state index is 0.758. The third-order valence-electron chi connectivity index (χ3n) is 1.46. The summed E-state index contributed by atoms with van der Waals surface area (Å²) in [6.45, 7) is 2.02. The standard InChI is InChI=1S/C9H10O/c1-3-4-5-9-8(2)6-7-10-9/h1,6-7H,4-5H2,2H3. The Kier molecular flexibility index (Phi) is 2.17. The number of terminal acetylenes is 1. The molecule has 10 heavy (non-hydrogen) atoms. The van der Waals surface area contributed by atoms with Gasteiger partial charge in [-0.2, -0.15) is 0 Å². The van der Waals surface area contributed by atoms with Gasteiger partial charge in [0.15, 0.2) is 0 Å². The molecule has 0 aliphatic rings. The maximum absolute atomic E-state index is 5.17. The van der Waals surface area contributed by atoms with Crippen LogP contribution < -0.4 is 0 Å². The lowest BCUT2D eigenvalue weighted by molar-refractivity contribution is 0.508. The van der Waals surface area contributed by atoms with Crippen LogP contribution in [0.2, 0.25) is 0 Å². The van der Waals surface area contributed by atoms with Gasteiger partial charge >= 0.3 is 0 Å². The van der Waals surface area contributed by atoms with Crippen molar-refractivity contribution in [1.82, 2.24) is 0 Å². The molecular formula is C9H10O. The van der Waals surface area contributed by atoms with Crippen LogP contribution in [0.25, 0.3) is 0 Å². The highest BCUT2D eigenvalue weighted by atomic mass is 16.3. The van der Waals surface area contributed by atoms with E-state index in [0.717, 1.165) is 18.6 Å². The quantitative estimate of drug-likeness (QED) is 0.565. The Morgan fingerprint density at radius 1 is 1.70 bits per heavy atom. The van der Waals surface area contributed by atoms with Crippen molar-refractivity contribution in [1.29, 1.82) is 0 Å². The lowest BCUT2D eigenvalue weighted by Gasteiger charge is -1.91. The molecular weight excluding hydrogens is 124 g/mol. The van der Waals surface area contributed by atoms with Crippen LogP contribution in [0.15, 0.2) is 16.7 Å². The van der Waals surface area contributed by atoms with E-state index in [1.165, 1.54) is 5.56 Å². The van der Waals surface area contributed by atoms with Gasteiger partial charge < -0.3 is 4.42 Å². The van der Waals surface area contributed by atoms with E-state index in [1.54, 1.807) is 6.26 Å². The molecule has 1 aromatic heterocycles. The number of hydrogen-bond acceptors (Lipinski definition) is 1. The highest BCUT2D eigenvalue weighted by Gasteiger charge is 1.98. The fourth-order valence-electron chi connectivity index (χ4n) is 0.846. The molecule has 0 unspecified atom stereocenters. The van der Waals surface area contributed by atoms with Crippen molar-refractivity contribution in [2.24, 2.45) is 0 Å². The Morgan fingerprint density at radius 3 is 3.00 bits per heavy atom. The highest BCUT2D eigenvalue weighted by Crippen LogP contribution is 2.10. The zero-order chi connectivity index (χ0) is 7.40. The summed E-state index contributed by atoms with van der Waals surface area (Å²) < 4.78 is 5.17. The molecule has 1 rings (SSSR count). The summed E-state index contributed by atoms with van der Waals surface area (Å²) in [6, 6.07) is 1.95. The largest absolute Gasteiger partial charge is 0.469 e. The van der Waals surface area contributed by atoms with Gasteiger partial charge in [-0.05, 0) is 18.6 Å². The van der Waals surface area contributed by atoms with Crippen molar-refractivity contribution in [3.05, 3.63) is 23.7 Å². The predicted octanol–water partition coefficient (Wildman–Crippen LogP) is 2.15. The van der Waals surface area contributed by atoms with Crippen LogP contribution in [-0.2, 0) is 6.42 Å². The molecule has 0 amide bonds. The van der Waals surface area contributed by atoms with Crippen LogP contribution in [0.5, 0.6) is 0 Å². The van der Waals surface area contributed by atoms with Gasteiger partial charge in [-0.3, -0.25) is 0 Å². The van der Waals surface area contributed by atoms with Crippen molar-refractivity contribution >= 4 is 0 Å². The van der Waals surface area contributed by atoms with Gasteiger partial charge in [0.25, 0.3) is 0 Å². The van der Waals surface area contributed by atoms with Gasteiger partial charge in [-0.25, -0.2) is 0 Å². The molecule has 0 aliphatic heterocycles. The van der Waals surface area contributed by atoms with E-state index in [4.69, 9.17) is 10.8 Å². The number of hydrogen-bond donors (Lipinski definition) is 0. The van der Waals surface area contributed by atoms with E-state index >= 15 is 0 Å². The van der Waals surface area contributed by atoms with Crippen LogP contribution in [0.4, 0.5) is 0 Å². The molecule has 0 fully saturated rings. The zero-order valence-electron chi connectivity index (χ0n) is 6.05. The Morgan fingerprint density at radius 2 is 2.50 bits per heavy atom. The van der Waals surface area contributed by atoms with Gasteiger partial charge in [0, 0.05) is 12.8 Å². The van der Waals surface area contributed by atoms with Gasteiger partial charge in [0.1, 0.15) is 5.76 Å². The average molecular weight is 134 g/mol. The molecule has 0 aromatic carbocycles. The van der Waals surface area contributed by atoms with Gasteiger partial charge in [-0.1, -0.05) is 0 Å². The molecule has 0 saturated heterocycles. The van der Waals surface area contributed by atoms with Gasteiger partial charge in [-0.15, -0.1) is 12.3 Å². The van der Waals surface area contributed by atoms with Crippen LogP contribution in [0.3, 0.4) is 0 Å². The molecule has 1 aromatic rings. The van der Waals surface area contributed by atoms with Crippen LogP contribution >= 0.6 is 0 Å². The molecule has 52 valence electrons. The Labute approximate surface area is 61.0 Å². The second kappa shape index (κ2) is 3.12. The van der Waals surface area contributed by atoms with Crippen molar-refractivity contribution in [2.75, 3.05) is 0 Å². The Hall–Kier alpha value is -1.16. The normalized spacial score (nSPS) is 9.20. The maximum Gasteiger partial charge on any atom is 0.107 e. The molecule has 0 radical (unpaired) electrons. The molecule has 0 aliphatic carbocycles. The molecule has 0 N–H and O–H groups in total. The summed E-state index contributed by atoms with van der Waals surface area (Å²) in [4.78, 5) is 0. The molecule has 1 nitrogen and oxygen atoms in total. The summed E-state index contributed by atoms with van der Waals surface area (Å²) in [6.07, 6.45) is 8.41. The summed E-state index contributed by atoms with van der Waals surface area (Å²) in [5.74, 6) is 3.59. The highest BCUT2D eigenvalue weighted by molar-refractivity contribution is 5.15. The molecule has 0 atom stereocenters. The van der Waals surface area contributed by atoms with E-state index in [0.29, 0.717) is 0 Å². The fraction of sp³-hybridized carbons (Fsp3) is 0.333. The van der Waals surface area contributed by atoms with Gasteiger partial charge in [0.2, 0.25) is 0 Å². The third-order valence-corrected chi connectivity index (χ3v) is 1.46. The minimum Gasteiger partial charge on any atom is -0.469 e. The van der Waals surface area contributed by atoms with Crippen molar-refractivity contribution in [2.45, 2.75) is 19.8 Å². The first-order valence-electron chi connectivity index (χ1n) is 3.31. The van der Waals surface area contributed by atoms with E-state index in [1.807, 2.05) is 13.0 Å². The minimum absolute atomic E-state index is 0.758. The Bertz CT molecular complexity index is 239. The number of furan rings is 1. The number of rotatable bonds is 2. The first kappa shape index (κ1) is 6.95. The Balaban J connectivity index is 2.59. The summed E-state index contributed by atoms with van der Waals surface area (Å²) >= 11 is 0. The number of aryl methyl sites for hydroxylation is 2.